The van der Waals surface area contributed by atoms with Crippen molar-refractivity contribution in [2.24, 2.45) is 5.92 Å². The molecule has 0 saturated heterocycles. The fourth-order valence-electron chi connectivity index (χ4n) is 0.149. The minimum Gasteiger partial charge on any atom is -0.314 e. The molecule has 10 radical (unpaired) electrons. The molecule has 0 amide bonds. The van der Waals surface area contributed by atoms with E-state index in [0.29, 0.717) is 5.92 Å². The molecular weight excluding hydrogens is 410 g/mol. The second-order valence-corrected chi connectivity index (χ2v) is 2.11. The van der Waals surface area contributed by atoms with Crippen LogP contribution in [0.3, 0.4) is 0 Å². The molecule has 0 aliphatic heterocycles. The summed E-state index contributed by atoms with van der Waals surface area (Å²) in [7, 11) is 0. The number of carbonyl (C=O) groups excluding carboxylic acids is 5. The van der Waals surface area contributed by atoms with Gasteiger partial charge in [-0.2, -0.15) is 0 Å². The van der Waals surface area contributed by atoms with Crippen molar-refractivity contribution in [3.8, 4) is 0 Å². The van der Waals surface area contributed by atoms with Gasteiger partial charge in [-0.3, -0.25) is 24.0 Å². The number of hydrogen-bond donors (Lipinski definition) is 0. The van der Waals surface area contributed by atoms with Crippen LogP contribution in [0.25, 0.3) is 4.85 Å². The van der Waals surface area contributed by atoms with Crippen LogP contribution in [-0.4, -0.2) is 40.0 Å². The zero-order chi connectivity index (χ0) is 15.9. The summed E-state index contributed by atoms with van der Waals surface area (Å²) in [5.41, 5.74) is 0. The molecule has 0 aromatic carbocycles. The molecule has 0 bridgehead atoms. The second kappa shape index (κ2) is 107. The Bertz CT molecular complexity index is 141. The van der Waals surface area contributed by atoms with Crippen molar-refractivity contribution >= 4 is 33.9 Å². The van der Waals surface area contributed by atoms with Crippen molar-refractivity contribution in [1.82, 2.24) is 0 Å². The van der Waals surface area contributed by atoms with Crippen molar-refractivity contribution < 1.29 is 45.0 Å². The Morgan fingerprint density at radius 3 is 0.889 bits per heavy atom. The van der Waals surface area contributed by atoms with E-state index in [1.165, 1.54) is 0 Å². The van der Waals surface area contributed by atoms with E-state index in [1.807, 2.05) is 6.92 Å². The summed E-state index contributed by atoms with van der Waals surface area (Å²) in [6.07, 6.45) is 0. The zero-order valence-electron chi connectivity index (χ0n) is 10.1. The van der Waals surface area contributed by atoms with Gasteiger partial charge < -0.3 is 4.85 Å². The predicted molar refractivity (Wildman–Crippen MR) is 59.4 cm³/mol. The summed E-state index contributed by atoms with van der Waals surface area (Å²) < 4.78 is 0. The van der Waals surface area contributed by atoms with E-state index in [9.17, 15) is 0 Å². The van der Waals surface area contributed by atoms with Gasteiger partial charge in [-0.05, 0) is 0 Å². The molecular formula is C11H11NO5W. The molecule has 0 heterocycles. The fourth-order valence-corrected chi connectivity index (χ4v) is 0.149. The molecule has 6 nitrogen and oxygen atoms in total. The molecule has 0 N–H and O–H groups in total. The van der Waals surface area contributed by atoms with Gasteiger partial charge in [-0.1, -0.05) is 13.8 Å². The summed E-state index contributed by atoms with van der Waals surface area (Å²) in [5.74, 6) is 0.512. The Morgan fingerprint density at radius 2 is 0.889 bits per heavy atom. The van der Waals surface area contributed by atoms with Crippen LogP contribution in [0.2, 0.25) is 0 Å². The van der Waals surface area contributed by atoms with Crippen molar-refractivity contribution in [3.63, 3.8) is 0 Å². The molecule has 0 rings (SSSR count). The van der Waals surface area contributed by atoms with Gasteiger partial charge in [0.2, 0.25) is 6.04 Å². The van der Waals surface area contributed by atoms with E-state index in [0.717, 1.165) is 0 Å². The summed E-state index contributed by atoms with van der Waals surface area (Å²) >= 11 is 0. The number of nitrogens with zero attached hydrogens (tertiary/aromatic N) is 1. The van der Waals surface area contributed by atoms with Crippen LogP contribution in [0, 0.1) is 12.5 Å². The third-order valence-electron chi connectivity index (χ3n) is 1.17. The molecule has 0 aromatic heterocycles. The first-order valence-electron chi connectivity index (χ1n) is 3.57. The van der Waals surface area contributed by atoms with Gasteiger partial charge in [0.15, 0.2) is 0 Å². The molecule has 0 aromatic rings. The van der Waals surface area contributed by atoms with Crippen molar-refractivity contribution in [2.45, 2.75) is 26.8 Å². The minimum atomic E-state index is 0. The molecule has 1 atom stereocenters. The maximum Gasteiger partial charge on any atom is 0.281 e. The normalized spacial score (nSPS) is 6.39. The van der Waals surface area contributed by atoms with Gasteiger partial charge in [0.05, 0.1) is 0 Å². The summed E-state index contributed by atoms with van der Waals surface area (Å²) in [6.45, 7) is 35.1. The van der Waals surface area contributed by atoms with Gasteiger partial charge in [0, 0.05) is 33.9 Å². The molecule has 18 heavy (non-hydrogen) atoms. The van der Waals surface area contributed by atoms with E-state index in [-0.39, 0.29) is 27.1 Å². The molecule has 1 unspecified atom stereocenters. The standard InChI is InChI=1S/C6H11N.5CO.W/c1-5(2)6(3)7-4;5*1-2;/h5-6H,1-3H3;;;;;;. The van der Waals surface area contributed by atoms with Crippen molar-refractivity contribution in [1.29, 1.82) is 0 Å². The van der Waals surface area contributed by atoms with Crippen LogP contribution in [0.1, 0.15) is 20.8 Å². The maximum absolute atomic E-state index is 7.50. The van der Waals surface area contributed by atoms with E-state index >= 15 is 0 Å². The number of hydrogen-bond acceptors (Lipinski definition) is 5. The molecule has 0 saturated carbocycles. The minimum absolute atomic E-state index is 0. The van der Waals surface area contributed by atoms with Crippen LogP contribution >= 0.6 is 0 Å². The van der Waals surface area contributed by atoms with Gasteiger partial charge >= 0.3 is 0 Å². The molecule has 0 aliphatic rings. The Labute approximate surface area is 123 Å². The molecule has 0 spiro atoms. The van der Waals surface area contributed by atoms with Crippen LogP contribution in [0.5, 0.6) is 0 Å². The largest absolute Gasteiger partial charge is 0.314 e. The molecule has 0 fully saturated rings. The summed E-state index contributed by atoms with van der Waals surface area (Å²) in [5, 5.41) is 0. The van der Waals surface area contributed by atoms with Crippen LogP contribution in [-0.2, 0) is 45.0 Å². The van der Waals surface area contributed by atoms with Crippen molar-refractivity contribution in [3.05, 3.63) is 11.4 Å². The first kappa shape index (κ1) is 43.9. The smallest absolute Gasteiger partial charge is 0.281 e. The van der Waals surface area contributed by atoms with E-state index < -0.39 is 0 Å². The SMILES string of the molecule is [C-]#[N+]C(C)C(C)C.[C]=O.[C]=O.[C]=O.[C]=O.[C]=O.[W]. The Balaban J connectivity index is -0.0000000189. The first-order chi connectivity index (χ1) is 8.18. The van der Waals surface area contributed by atoms with E-state index in [2.05, 4.69) is 52.6 Å². The Morgan fingerprint density at radius 1 is 0.722 bits per heavy atom. The van der Waals surface area contributed by atoms with Crippen molar-refractivity contribution in [2.75, 3.05) is 0 Å². The third kappa shape index (κ3) is 130. The van der Waals surface area contributed by atoms with Crippen LogP contribution in [0.15, 0.2) is 0 Å². The average Bonchev–Trinajstić information content (AvgIpc) is 2.48. The Hall–Kier alpha value is -1.47. The maximum atomic E-state index is 7.50. The molecule has 0 aliphatic carbocycles. The average molecular weight is 421 g/mol. The quantitative estimate of drug-likeness (QED) is 0.555. The van der Waals surface area contributed by atoms with Gasteiger partial charge in [-0.15, -0.1) is 0 Å². The summed E-state index contributed by atoms with van der Waals surface area (Å²) in [6, 6.07) is 0.194. The first-order valence-corrected chi connectivity index (χ1v) is 3.57. The fraction of sp³-hybridized carbons (Fsp3) is 0.455. The van der Waals surface area contributed by atoms with Gasteiger partial charge in [-0.25, -0.2) is 6.57 Å². The second-order valence-electron chi connectivity index (χ2n) is 2.11. The zero-order valence-corrected chi connectivity index (χ0v) is 13.0. The third-order valence-corrected chi connectivity index (χ3v) is 1.17. The van der Waals surface area contributed by atoms with Gasteiger partial charge in [0.1, 0.15) is 0 Å². The summed E-state index contributed by atoms with van der Waals surface area (Å²) in [4.78, 5) is 40.8. The monoisotopic (exact) mass is 421 g/mol. The Kier molecular flexibility index (Phi) is 262. The van der Waals surface area contributed by atoms with Gasteiger partial charge in [0.25, 0.3) is 33.9 Å². The topological polar surface area (TPSA) is 89.7 Å². The van der Waals surface area contributed by atoms with E-state index in [4.69, 9.17) is 30.5 Å². The molecule has 7 heteroatoms. The van der Waals surface area contributed by atoms with Crippen LogP contribution in [0.4, 0.5) is 0 Å². The van der Waals surface area contributed by atoms with E-state index in [1.54, 1.807) is 0 Å². The van der Waals surface area contributed by atoms with Crippen LogP contribution < -0.4 is 0 Å². The number of rotatable bonds is 1. The molecule has 96 valence electrons. The predicted octanol–water partition coefficient (Wildman–Crippen LogP) is -0.0378.